The maximum absolute atomic E-state index is 12.9. The average molecular weight is 360 g/mol. The van der Waals surface area contributed by atoms with Crippen molar-refractivity contribution >= 4 is 11.7 Å². The number of hydrogen-bond acceptors (Lipinski definition) is 5. The van der Waals surface area contributed by atoms with E-state index < -0.39 is 23.1 Å². The van der Waals surface area contributed by atoms with Crippen LogP contribution < -0.4 is 0 Å². The summed E-state index contributed by atoms with van der Waals surface area (Å²) < 4.78 is 5.54. The zero-order valence-corrected chi connectivity index (χ0v) is 16.2. The molecule has 2 rings (SSSR count). The second-order valence-electron chi connectivity index (χ2n) is 7.77. The first-order valence-electron chi connectivity index (χ1n) is 8.96. The van der Waals surface area contributed by atoms with E-state index in [2.05, 4.69) is 4.98 Å². The molecule has 1 atom stereocenters. The Morgan fingerprint density at radius 3 is 2.58 bits per heavy atom. The molecule has 1 aliphatic rings. The van der Waals surface area contributed by atoms with E-state index in [1.54, 1.807) is 45.2 Å². The van der Waals surface area contributed by atoms with E-state index in [9.17, 15) is 14.7 Å². The standard InChI is InChI=1S/C20H28N2O4/c1-13(2)26-12-8-11-22-16(14-9-6-7-10-21-14)15(17(23)19(22)25)18(24)20(3,4)5/h6-7,9-10,13,16,23H,8,11-12H2,1-5H3. The fourth-order valence-electron chi connectivity index (χ4n) is 2.92. The highest BCUT2D eigenvalue weighted by molar-refractivity contribution is 6.10. The molecule has 0 fully saturated rings. The Bertz CT molecular complexity index is 690. The maximum Gasteiger partial charge on any atom is 0.290 e. The highest BCUT2D eigenvalue weighted by Crippen LogP contribution is 2.40. The minimum atomic E-state index is -0.715. The Morgan fingerprint density at radius 2 is 2.04 bits per heavy atom. The third kappa shape index (κ3) is 4.30. The predicted molar refractivity (Wildman–Crippen MR) is 98.5 cm³/mol. The number of Topliss-reactive ketones (excluding diaryl/α,β-unsaturated/α-hetero) is 1. The van der Waals surface area contributed by atoms with Crippen molar-refractivity contribution in [2.45, 2.75) is 53.2 Å². The Kier molecular flexibility index (Phi) is 6.18. The van der Waals surface area contributed by atoms with Gasteiger partial charge in [0.2, 0.25) is 0 Å². The number of aliphatic hydroxyl groups excluding tert-OH is 1. The minimum absolute atomic E-state index is 0.112. The van der Waals surface area contributed by atoms with Crippen LogP contribution in [0.3, 0.4) is 0 Å². The van der Waals surface area contributed by atoms with Crippen molar-refractivity contribution in [2.24, 2.45) is 5.41 Å². The molecule has 1 N–H and O–H groups in total. The summed E-state index contributed by atoms with van der Waals surface area (Å²) >= 11 is 0. The van der Waals surface area contributed by atoms with Crippen molar-refractivity contribution in [1.82, 2.24) is 9.88 Å². The first kappa shape index (κ1) is 20.1. The number of amides is 1. The predicted octanol–water partition coefficient (Wildman–Crippen LogP) is 3.21. The second kappa shape index (κ2) is 7.99. The molecule has 0 bridgehead atoms. The number of carbonyl (C=O) groups is 2. The van der Waals surface area contributed by atoms with E-state index in [1.165, 1.54) is 4.90 Å². The largest absolute Gasteiger partial charge is 0.503 e. The Morgan fingerprint density at radius 1 is 1.35 bits per heavy atom. The number of hydrogen-bond donors (Lipinski definition) is 1. The molecule has 26 heavy (non-hydrogen) atoms. The van der Waals surface area contributed by atoms with E-state index in [0.717, 1.165) is 0 Å². The van der Waals surface area contributed by atoms with Crippen LogP contribution >= 0.6 is 0 Å². The lowest BCUT2D eigenvalue weighted by molar-refractivity contribution is -0.129. The van der Waals surface area contributed by atoms with Crippen molar-refractivity contribution in [3.63, 3.8) is 0 Å². The lowest BCUT2D eigenvalue weighted by atomic mass is 9.83. The summed E-state index contributed by atoms with van der Waals surface area (Å²) in [5, 5.41) is 10.4. The van der Waals surface area contributed by atoms with Gasteiger partial charge in [0.05, 0.1) is 17.4 Å². The molecule has 2 heterocycles. The molecule has 6 nitrogen and oxygen atoms in total. The highest BCUT2D eigenvalue weighted by Gasteiger charge is 2.46. The fourth-order valence-corrected chi connectivity index (χ4v) is 2.92. The molecule has 0 aliphatic carbocycles. The first-order chi connectivity index (χ1) is 12.1. The molecule has 1 aromatic rings. The van der Waals surface area contributed by atoms with Gasteiger partial charge in [0.25, 0.3) is 5.91 Å². The van der Waals surface area contributed by atoms with Gasteiger partial charge in [-0.05, 0) is 32.4 Å². The fraction of sp³-hybridized carbons (Fsp3) is 0.550. The molecular formula is C20H28N2O4. The molecule has 0 saturated carbocycles. The number of ether oxygens (including phenoxy) is 1. The summed E-state index contributed by atoms with van der Waals surface area (Å²) in [6.07, 6.45) is 2.34. The van der Waals surface area contributed by atoms with Gasteiger partial charge in [0, 0.05) is 24.8 Å². The Balaban J connectivity index is 2.34. The topological polar surface area (TPSA) is 79.7 Å². The maximum atomic E-state index is 12.9. The molecule has 1 aliphatic heterocycles. The van der Waals surface area contributed by atoms with Gasteiger partial charge in [0.1, 0.15) is 6.04 Å². The van der Waals surface area contributed by atoms with Crippen LogP contribution in [0.15, 0.2) is 35.7 Å². The summed E-state index contributed by atoms with van der Waals surface area (Å²) in [7, 11) is 0. The Hall–Kier alpha value is -2.21. The van der Waals surface area contributed by atoms with E-state index in [1.807, 2.05) is 13.8 Å². The third-order valence-corrected chi connectivity index (χ3v) is 4.19. The summed E-state index contributed by atoms with van der Waals surface area (Å²) in [6, 6.07) is 4.68. The molecule has 0 aromatic carbocycles. The number of rotatable bonds is 7. The summed E-state index contributed by atoms with van der Waals surface area (Å²) in [6.45, 7) is 10.1. The normalized spacial score (nSPS) is 18.2. The van der Waals surface area contributed by atoms with Gasteiger partial charge in [0.15, 0.2) is 11.5 Å². The average Bonchev–Trinajstić information content (AvgIpc) is 2.82. The smallest absolute Gasteiger partial charge is 0.290 e. The number of aliphatic hydroxyl groups is 1. The van der Waals surface area contributed by atoms with Crippen molar-refractivity contribution in [3.8, 4) is 0 Å². The van der Waals surface area contributed by atoms with Crippen LogP contribution in [-0.2, 0) is 14.3 Å². The number of aromatic nitrogens is 1. The number of nitrogens with zero attached hydrogens (tertiary/aromatic N) is 2. The summed E-state index contributed by atoms with van der Waals surface area (Å²) in [5.74, 6) is -1.25. The van der Waals surface area contributed by atoms with Crippen LogP contribution in [-0.4, -0.2) is 45.9 Å². The van der Waals surface area contributed by atoms with Crippen LogP contribution in [0.4, 0.5) is 0 Å². The van der Waals surface area contributed by atoms with Crippen molar-refractivity contribution in [1.29, 1.82) is 0 Å². The van der Waals surface area contributed by atoms with Crippen molar-refractivity contribution < 1.29 is 19.4 Å². The molecule has 0 saturated heterocycles. The lowest BCUT2D eigenvalue weighted by Crippen LogP contribution is -2.34. The molecule has 6 heteroatoms. The molecule has 1 amide bonds. The van der Waals surface area contributed by atoms with Gasteiger partial charge in [-0.3, -0.25) is 14.6 Å². The second-order valence-corrected chi connectivity index (χ2v) is 7.77. The van der Waals surface area contributed by atoms with Crippen molar-refractivity contribution in [2.75, 3.05) is 13.2 Å². The van der Waals surface area contributed by atoms with Gasteiger partial charge in [-0.1, -0.05) is 26.8 Å². The van der Waals surface area contributed by atoms with E-state index in [0.29, 0.717) is 25.3 Å². The zero-order chi connectivity index (χ0) is 19.5. The van der Waals surface area contributed by atoms with Gasteiger partial charge in [-0.25, -0.2) is 0 Å². The van der Waals surface area contributed by atoms with Gasteiger partial charge in [-0.15, -0.1) is 0 Å². The van der Waals surface area contributed by atoms with Crippen molar-refractivity contribution in [3.05, 3.63) is 41.4 Å². The molecule has 1 unspecified atom stereocenters. The zero-order valence-electron chi connectivity index (χ0n) is 16.2. The third-order valence-electron chi connectivity index (χ3n) is 4.19. The molecule has 0 radical (unpaired) electrons. The van der Waals surface area contributed by atoms with Crippen LogP contribution in [0, 0.1) is 5.41 Å². The van der Waals surface area contributed by atoms with E-state index in [4.69, 9.17) is 4.74 Å². The van der Waals surface area contributed by atoms with Crippen LogP contribution in [0.1, 0.15) is 52.8 Å². The number of carbonyl (C=O) groups excluding carboxylic acids is 2. The van der Waals surface area contributed by atoms with Crippen LogP contribution in [0.25, 0.3) is 0 Å². The van der Waals surface area contributed by atoms with Gasteiger partial charge >= 0.3 is 0 Å². The molecule has 1 aromatic heterocycles. The summed E-state index contributed by atoms with van der Waals surface area (Å²) in [5.41, 5.74) is -0.0128. The first-order valence-corrected chi connectivity index (χ1v) is 8.96. The van der Waals surface area contributed by atoms with Crippen LogP contribution in [0.5, 0.6) is 0 Å². The van der Waals surface area contributed by atoms with Gasteiger partial charge in [-0.2, -0.15) is 0 Å². The Labute approximate surface area is 154 Å². The van der Waals surface area contributed by atoms with E-state index >= 15 is 0 Å². The monoisotopic (exact) mass is 360 g/mol. The number of pyridine rings is 1. The SMILES string of the molecule is CC(C)OCCCN1C(=O)C(O)=C(C(=O)C(C)(C)C)C1c1ccccn1. The molecule has 0 spiro atoms. The van der Waals surface area contributed by atoms with Gasteiger partial charge < -0.3 is 14.7 Å². The lowest BCUT2D eigenvalue weighted by Gasteiger charge is -2.28. The summed E-state index contributed by atoms with van der Waals surface area (Å²) in [4.78, 5) is 31.4. The molecular weight excluding hydrogens is 332 g/mol. The number of ketones is 1. The molecule has 142 valence electrons. The highest BCUT2D eigenvalue weighted by atomic mass is 16.5. The minimum Gasteiger partial charge on any atom is -0.503 e. The van der Waals surface area contributed by atoms with E-state index in [-0.39, 0.29) is 17.5 Å². The van der Waals surface area contributed by atoms with Crippen LogP contribution in [0.2, 0.25) is 0 Å². The quantitative estimate of drug-likeness (QED) is 0.755.